The van der Waals surface area contributed by atoms with Crippen molar-refractivity contribution in [1.82, 2.24) is 0 Å². The summed E-state index contributed by atoms with van der Waals surface area (Å²) in [5.41, 5.74) is 8.29. The third kappa shape index (κ3) is 7.70. The summed E-state index contributed by atoms with van der Waals surface area (Å²) in [6.45, 7) is 16.9. The predicted molar refractivity (Wildman–Crippen MR) is 97.3 cm³/mol. The Bertz CT molecular complexity index is 515. The molecule has 116 valence electrons. The largest absolute Gasteiger partial charge is 0.0683 e. The molecular weight excluding hydrogens is 252 g/mol. The fraction of sp³-hybridized carbons (Fsp3) is 0.429. The molecule has 2 aromatic carbocycles. The lowest BCUT2D eigenvalue weighted by atomic mass is 10.1. The van der Waals surface area contributed by atoms with Gasteiger partial charge in [-0.15, -0.1) is 0 Å². The molecular formula is C21H32. The summed E-state index contributed by atoms with van der Waals surface area (Å²) in [6.07, 6.45) is 1.14. The molecule has 0 N–H and O–H groups in total. The first-order valence-electron chi connectivity index (χ1n) is 8.03. The van der Waals surface area contributed by atoms with Gasteiger partial charge in [-0.25, -0.2) is 0 Å². The molecule has 0 unspecified atom stereocenters. The van der Waals surface area contributed by atoms with Crippen molar-refractivity contribution in [3.8, 4) is 0 Å². The van der Waals surface area contributed by atoms with Gasteiger partial charge in [0.05, 0.1) is 0 Å². The molecule has 0 heterocycles. The molecule has 0 spiro atoms. The Labute approximate surface area is 132 Å². The average molecular weight is 284 g/mol. The molecule has 0 fully saturated rings. The van der Waals surface area contributed by atoms with Crippen molar-refractivity contribution in [2.75, 3.05) is 0 Å². The van der Waals surface area contributed by atoms with Crippen molar-refractivity contribution >= 4 is 0 Å². The van der Waals surface area contributed by atoms with E-state index in [9.17, 15) is 0 Å². The smallest absolute Gasteiger partial charge is 0.0307 e. The molecule has 0 bridgehead atoms. The van der Waals surface area contributed by atoms with E-state index in [-0.39, 0.29) is 0 Å². The third-order valence-electron chi connectivity index (χ3n) is 3.35. The second kappa shape index (κ2) is 10.2. The standard InChI is InChI=1S/C10H14.C9H12.C2H6/c1-4-10-6-8(2)5-9(3)7-10;1-7-4-5-8(2)9(3)6-7;1-2/h5-7H,4H2,1-3H3;4-6H,1-3H3;1-2H3. The zero-order chi connectivity index (χ0) is 16.4. The van der Waals surface area contributed by atoms with E-state index < -0.39 is 0 Å². The molecule has 0 aliphatic rings. The summed E-state index contributed by atoms with van der Waals surface area (Å²) in [5, 5.41) is 0. The van der Waals surface area contributed by atoms with Gasteiger partial charge in [-0.05, 0) is 57.7 Å². The molecule has 0 nitrogen and oxygen atoms in total. The zero-order valence-electron chi connectivity index (χ0n) is 15.2. The number of hydrogen-bond donors (Lipinski definition) is 0. The van der Waals surface area contributed by atoms with E-state index in [1.807, 2.05) is 13.8 Å². The van der Waals surface area contributed by atoms with Gasteiger partial charge in [0, 0.05) is 0 Å². The summed E-state index contributed by atoms with van der Waals surface area (Å²) >= 11 is 0. The third-order valence-corrected chi connectivity index (χ3v) is 3.35. The summed E-state index contributed by atoms with van der Waals surface area (Å²) in [6, 6.07) is 13.2. The Hall–Kier alpha value is -1.56. The first-order valence-corrected chi connectivity index (χ1v) is 8.03. The SMILES string of the molecule is CC.CCc1cc(C)cc(C)c1.Cc1ccc(C)c(C)c1. The summed E-state index contributed by atoms with van der Waals surface area (Å²) < 4.78 is 0. The molecule has 0 saturated heterocycles. The van der Waals surface area contributed by atoms with E-state index in [2.05, 4.69) is 77.9 Å². The monoisotopic (exact) mass is 284 g/mol. The normalized spacial score (nSPS) is 9.14. The lowest BCUT2D eigenvalue weighted by Gasteiger charge is -2.00. The van der Waals surface area contributed by atoms with Crippen molar-refractivity contribution in [2.45, 2.75) is 61.8 Å². The molecule has 0 atom stereocenters. The van der Waals surface area contributed by atoms with Crippen LogP contribution in [-0.2, 0) is 6.42 Å². The molecule has 0 amide bonds. The maximum Gasteiger partial charge on any atom is -0.0307 e. The van der Waals surface area contributed by atoms with Gasteiger partial charge in [-0.2, -0.15) is 0 Å². The summed E-state index contributed by atoms with van der Waals surface area (Å²) in [7, 11) is 0. The minimum absolute atomic E-state index is 1.14. The van der Waals surface area contributed by atoms with Gasteiger partial charge in [0.2, 0.25) is 0 Å². The maximum absolute atomic E-state index is 2.24. The summed E-state index contributed by atoms with van der Waals surface area (Å²) in [4.78, 5) is 0. The second-order valence-corrected chi connectivity index (χ2v) is 5.44. The van der Waals surface area contributed by atoms with Crippen LogP contribution in [0.25, 0.3) is 0 Å². The molecule has 2 rings (SSSR count). The number of benzene rings is 2. The molecule has 0 aliphatic heterocycles. The Balaban J connectivity index is 0.000000342. The number of aryl methyl sites for hydroxylation is 6. The first kappa shape index (κ1) is 19.4. The molecule has 2 aromatic rings. The molecule has 21 heavy (non-hydrogen) atoms. The number of rotatable bonds is 1. The summed E-state index contributed by atoms with van der Waals surface area (Å²) in [5.74, 6) is 0. The highest BCUT2D eigenvalue weighted by Gasteiger charge is 1.91. The van der Waals surface area contributed by atoms with E-state index in [0.29, 0.717) is 0 Å². The Kier molecular flexibility index (Phi) is 9.45. The second-order valence-electron chi connectivity index (χ2n) is 5.44. The van der Waals surface area contributed by atoms with Gasteiger partial charge >= 0.3 is 0 Å². The van der Waals surface area contributed by atoms with Crippen LogP contribution in [0.4, 0.5) is 0 Å². The average Bonchev–Trinajstić information content (AvgIpc) is 2.45. The highest BCUT2D eigenvalue weighted by molar-refractivity contribution is 5.29. The lowest BCUT2D eigenvalue weighted by Crippen LogP contribution is -1.83. The van der Waals surface area contributed by atoms with Gasteiger partial charge in [-0.1, -0.05) is 73.9 Å². The zero-order valence-corrected chi connectivity index (χ0v) is 15.2. The van der Waals surface area contributed by atoms with Crippen molar-refractivity contribution in [1.29, 1.82) is 0 Å². The van der Waals surface area contributed by atoms with E-state index >= 15 is 0 Å². The molecule has 0 aromatic heterocycles. The van der Waals surface area contributed by atoms with Crippen LogP contribution in [0.3, 0.4) is 0 Å². The first-order chi connectivity index (χ1) is 9.92. The highest BCUT2D eigenvalue weighted by atomic mass is 14.0. The quantitative estimate of drug-likeness (QED) is 0.560. The highest BCUT2D eigenvalue weighted by Crippen LogP contribution is 2.09. The van der Waals surface area contributed by atoms with Crippen molar-refractivity contribution < 1.29 is 0 Å². The van der Waals surface area contributed by atoms with Crippen molar-refractivity contribution in [3.63, 3.8) is 0 Å². The van der Waals surface area contributed by atoms with Gasteiger partial charge in [0.1, 0.15) is 0 Å². The fourth-order valence-corrected chi connectivity index (χ4v) is 2.16. The van der Waals surface area contributed by atoms with Crippen LogP contribution in [0, 0.1) is 34.6 Å². The lowest BCUT2D eigenvalue weighted by molar-refractivity contribution is 1.12. The number of hydrogen-bond acceptors (Lipinski definition) is 0. The van der Waals surface area contributed by atoms with Crippen molar-refractivity contribution in [2.24, 2.45) is 0 Å². The molecule has 0 saturated carbocycles. The Morgan fingerprint density at radius 2 is 1.14 bits per heavy atom. The van der Waals surface area contributed by atoms with Gasteiger partial charge < -0.3 is 0 Å². The van der Waals surface area contributed by atoms with Crippen LogP contribution in [-0.4, -0.2) is 0 Å². The van der Waals surface area contributed by atoms with Crippen LogP contribution in [0.2, 0.25) is 0 Å². The molecule has 0 radical (unpaired) electrons. The minimum atomic E-state index is 1.14. The minimum Gasteiger partial charge on any atom is -0.0683 e. The van der Waals surface area contributed by atoms with Gasteiger partial charge in [-0.3, -0.25) is 0 Å². The van der Waals surface area contributed by atoms with E-state index in [1.165, 1.54) is 33.4 Å². The topological polar surface area (TPSA) is 0 Å². The van der Waals surface area contributed by atoms with Crippen molar-refractivity contribution in [3.05, 3.63) is 69.8 Å². The van der Waals surface area contributed by atoms with E-state index in [1.54, 1.807) is 0 Å². The molecule has 0 heteroatoms. The van der Waals surface area contributed by atoms with Crippen LogP contribution in [0.15, 0.2) is 36.4 Å². The Morgan fingerprint density at radius 1 is 0.619 bits per heavy atom. The maximum atomic E-state index is 2.24. The van der Waals surface area contributed by atoms with E-state index in [0.717, 1.165) is 6.42 Å². The van der Waals surface area contributed by atoms with E-state index in [4.69, 9.17) is 0 Å². The predicted octanol–water partition coefficient (Wildman–Crippen LogP) is 6.50. The van der Waals surface area contributed by atoms with Crippen LogP contribution < -0.4 is 0 Å². The van der Waals surface area contributed by atoms with Gasteiger partial charge in [0.15, 0.2) is 0 Å². The van der Waals surface area contributed by atoms with Crippen LogP contribution in [0.5, 0.6) is 0 Å². The van der Waals surface area contributed by atoms with Gasteiger partial charge in [0.25, 0.3) is 0 Å². The van der Waals surface area contributed by atoms with Crippen LogP contribution in [0.1, 0.15) is 54.2 Å². The van der Waals surface area contributed by atoms with Crippen LogP contribution >= 0.6 is 0 Å². The fourth-order valence-electron chi connectivity index (χ4n) is 2.16. The molecule has 0 aliphatic carbocycles. The Morgan fingerprint density at radius 3 is 1.52 bits per heavy atom.